The minimum absolute atomic E-state index is 0.0152. The van der Waals surface area contributed by atoms with Crippen LogP contribution in [0.5, 0.6) is 0 Å². The highest BCUT2D eigenvalue weighted by Gasteiger charge is 2.42. The van der Waals surface area contributed by atoms with E-state index < -0.39 is 53.8 Å². The van der Waals surface area contributed by atoms with Crippen molar-refractivity contribution < 1.29 is 32.8 Å². The lowest BCUT2D eigenvalue weighted by Crippen LogP contribution is -2.48. The van der Waals surface area contributed by atoms with E-state index in [9.17, 15) is 24.0 Å². The lowest BCUT2D eigenvalue weighted by molar-refractivity contribution is -0.126. The van der Waals surface area contributed by atoms with Crippen molar-refractivity contribution >= 4 is 41.1 Å². The van der Waals surface area contributed by atoms with Gasteiger partial charge in [0.1, 0.15) is 36.7 Å². The van der Waals surface area contributed by atoms with Gasteiger partial charge in [0.15, 0.2) is 11.4 Å². The predicted molar refractivity (Wildman–Crippen MR) is 188 cm³/mol. The summed E-state index contributed by atoms with van der Waals surface area (Å²) in [5.41, 5.74) is 1.45. The minimum atomic E-state index is -1.03. The third-order valence-electron chi connectivity index (χ3n) is 8.96. The van der Waals surface area contributed by atoms with Gasteiger partial charge < -0.3 is 35.0 Å². The number of nitrogens with one attached hydrogen (secondary N) is 4. The Balaban J connectivity index is 1.33. The van der Waals surface area contributed by atoms with Crippen molar-refractivity contribution in [3.05, 3.63) is 106 Å². The van der Waals surface area contributed by atoms with Crippen LogP contribution in [0.3, 0.4) is 0 Å². The molecule has 0 saturated carbocycles. The molecule has 1 saturated heterocycles. The number of carbonyl (C=O) groups excluding carboxylic acids is 5. The number of halogens is 1. The summed E-state index contributed by atoms with van der Waals surface area (Å²) in [6.45, 7) is 5.50. The quantitative estimate of drug-likeness (QED) is 0.220. The molecule has 6 rings (SSSR count). The Labute approximate surface area is 305 Å². The molecule has 0 radical (unpaired) electrons. The van der Waals surface area contributed by atoms with Crippen LogP contribution in [0.25, 0.3) is 0 Å². The van der Waals surface area contributed by atoms with Crippen molar-refractivity contribution in [2.75, 3.05) is 6.54 Å². The van der Waals surface area contributed by atoms with Gasteiger partial charge in [-0.1, -0.05) is 67.9 Å². The zero-order chi connectivity index (χ0) is 36.9. The Morgan fingerprint density at radius 3 is 2.31 bits per heavy atom. The summed E-state index contributed by atoms with van der Waals surface area (Å²) in [6, 6.07) is 12.1. The molecule has 2 aliphatic rings. The molecule has 4 heterocycles. The first kappa shape index (κ1) is 36.3. The highest BCUT2D eigenvalue weighted by atomic mass is 35.5. The molecule has 15 heteroatoms. The molecule has 2 aromatic heterocycles. The largest absolute Gasteiger partial charge is 0.446 e. The molecule has 0 unspecified atom stereocenters. The summed E-state index contributed by atoms with van der Waals surface area (Å²) < 4.78 is 11.4. The van der Waals surface area contributed by atoms with Crippen molar-refractivity contribution in [3.8, 4) is 0 Å². The Kier molecular flexibility index (Phi) is 11.0. The second kappa shape index (κ2) is 15.8. The molecule has 4 aromatic rings. The van der Waals surface area contributed by atoms with E-state index in [4.69, 9.17) is 20.4 Å². The van der Waals surface area contributed by atoms with Crippen LogP contribution in [-0.4, -0.2) is 69.1 Å². The number of benzene rings is 2. The Morgan fingerprint density at radius 2 is 1.58 bits per heavy atom. The number of fused-ring (bicyclic) bond motifs is 5. The molecule has 0 aliphatic carbocycles. The van der Waals surface area contributed by atoms with Crippen LogP contribution < -0.4 is 21.3 Å². The fourth-order valence-corrected chi connectivity index (χ4v) is 6.52. The van der Waals surface area contributed by atoms with Crippen molar-refractivity contribution in [2.45, 2.75) is 76.7 Å². The van der Waals surface area contributed by atoms with Crippen LogP contribution in [0.4, 0.5) is 0 Å². The molecular formula is C37H40ClN7O7. The van der Waals surface area contributed by atoms with E-state index in [-0.39, 0.29) is 60.8 Å². The molecule has 52 heavy (non-hydrogen) atoms. The number of hydrogen-bond donors (Lipinski definition) is 4. The maximum atomic E-state index is 14.2. The normalized spacial score (nSPS) is 22.6. The van der Waals surface area contributed by atoms with Crippen LogP contribution in [0.1, 0.15) is 89.6 Å². The molecule has 4 N–H and O–H groups in total. The number of hydrogen-bond acceptors (Lipinski definition) is 9. The average molecular weight is 730 g/mol. The lowest BCUT2D eigenvalue weighted by Gasteiger charge is -2.25. The van der Waals surface area contributed by atoms with Gasteiger partial charge in [-0.15, -0.1) is 0 Å². The first-order valence-corrected chi connectivity index (χ1v) is 17.5. The average Bonchev–Trinajstić information content (AvgIpc) is 3.89. The molecule has 5 atom stereocenters. The number of amides is 5. The summed E-state index contributed by atoms with van der Waals surface area (Å²) in [7, 11) is 0. The molecule has 272 valence electrons. The van der Waals surface area contributed by atoms with Crippen molar-refractivity contribution in [1.29, 1.82) is 0 Å². The van der Waals surface area contributed by atoms with E-state index in [1.807, 2.05) is 44.2 Å². The van der Waals surface area contributed by atoms with Gasteiger partial charge >= 0.3 is 0 Å². The maximum absolute atomic E-state index is 14.2. The van der Waals surface area contributed by atoms with Crippen molar-refractivity contribution in [1.82, 2.24) is 36.1 Å². The summed E-state index contributed by atoms with van der Waals surface area (Å²) in [4.78, 5) is 78.3. The fraction of sp³-hybridized carbons (Fsp3) is 0.378. The number of nitrogens with zero attached hydrogens (tertiary/aromatic N) is 3. The van der Waals surface area contributed by atoms with Gasteiger partial charge in [-0.2, -0.15) is 0 Å². The second-order valence-corrected chi connectivity index (χ2v) is 14.0. The van der Waals surface area contributed by atoms with E-state index in [2.05, 4.69) is 31.2 Å². The molecule has 2 aromatic carbocycles. The van der Waals surface area contributed by atoms with Gasteiger partial charge in [0.05, 0.1) is 6.42 Å². The molecule has 5 amide bonds. The van der Waals surface area contributed by atoms with Gasteiger partial charge in [0.25, 0.3) is 11.8 Å². The van der Waals surface area contributed by atoms with E-state index in [0.29, 0.717) is 11.4 Å². The molecule has 1 fully saturated rings. The Hall–Kier alpha value is -5.50. The van der Waals surface area contributed by atoms with Crippen LogP contribution in [0.15, 0.2) is 76.0 Å². The zero-order valence-corrected chi connectivity index (χ0v) is 29.7. The van der Waals surface area contributed by atoms with E-state index in [1.54, 1.807) is 31.2 Å². The third-order valence-corrected chi connectivity index (χ3v) is 9.21. The highest BCUT2D eigenvalue weighted by Crippen LogP contribution is 2.26. The second-order valence-electron chi connectivity index (χ2n) is 13.6. The Bertz CT molecular complexity index is 1930. The van der Waals surface area contributed by atoms with Gasteiger partial charge in [0.2, 0.25) is 29.5 Å². The lowest BCUT2D eigenvalue weighted by atomic mass is 10.0. The van der Waals surface area contributed by atoms with E-state index in [1.165, 1.54) is 17.4 Å². The van der Waals surface area contributed by atoms with Crippen molar-refractivity contribution in [3.63, 3.8) is 0 Å². The molecule has 4 bridgehead atoms. The molecule has 2 aliphatic heterocycles. The van der Waals surface area contributed by atoms with Crippen LogP contribution in [0.2, 0.25) is 5.02 Å². The monoisotopic (exact) mass is 729 g/mol. The smallest absolute Gasteiger partial charge is 0.276 e. The first-order chi connectivity index (χ1) is 24.9. The fourth-order valence-electron chi connectivity index (χ4n) is 6.39. The minimum Gasteiger partial charge on any atom is -0.446 e. The predicted octanol–water partition coefficient (Wildman–Crippen LogP) is 3.69. The topological polar surface area (TPSA) is 189 Å². The van der Waals surface area contributed by atoms with Gasteiger partial charge in [0, 0.05) is 24.0 Å². The maximum Gasteiger partial charge on any atom is 0.276 e. The number of rotatable bonds is 7. The number of carbonyl (C=O) groups is 5. The number of oxazole rings is 2. The zero-order valence-electron chi connectivity index (χ0n) is 28.9. The summed E-state index contributed by atoms with van der Waals surface area (Å²) in [6.07, 6.45) is 3.11. The third kappa shape index (κ3) is 8.68. The van der Waals surface area contributed by atoms with Crippen molar-refractivity contribution in [2.24, 2.45) is 5.92 Å². The van der Waals surface area contributed by atoms with E-state index >= 15 is 0 Å². The standard InChI is InChI=1S/C37H40ClN7O7/c1-20(2)13-26-32(47)39-21(3)35-44-29(19-51-35)37(50)45-17-25(40-31(46)15-23-9-11-24(38)12-10-23)16-30(45)34(49)42-27(14-22-7-5-4-6-8-22)36-43-28(18-52-36)33(48)41-26/h4-12,18-21,25-27,30H,13-17H2,1-3H3,(H,39,47)(H,40,46)(H,41,48)(H,42,49)/t21-,25+,26-,27+,30+/m1/s1. The van der Waals surface area contributed by atoms with Crippen LogP contribution in [0, 0.1) is 5.92 Å². The van der Waals surface area contributed by atoms with Gasteiger partial charge in [-0.25, -0.2) is 9.97 Å². The van der Waals surface area contributed by atoms with Crippen LogP contribution in [-0.2, 0) is 27.2 Å². The van der Waals surface area contributed by atoms with Crippen LogP contribution >= 0.6 is 11.6 Å². The SMILES string of the molecule is CC(C)C[C@H]1NC(=O)c2coc(n2)[C@H](Cc2ccccc2)NC(=O)[C@@H]2C[C@H](NC(=O)Cc3ccc(Cl)cc3)CN2C(=O)c2coc(n2)[C@@H](C)NC1=O. The molecular weight excluding hydrogens is 690 g/mol. The summed E-state index contributed by atoms with van der Waals surface area (Å²) in [5, 5.41) is 12.1. The molecule has 14 nitrogen and oxygen atoms in total. The van der Waals surface area contributed by atoms with Gasteiger partial charge in [-0.3, -0.25) is 24.0 Å². The highest BCUT2D eigenvalue weighted by molar-refractivity contribution is 6.30. The first-order valence-electron chi connectivity index (χ1n) is 17.1. The summed E-state index contributed by atoms with van der Waals surface area (Å²) >= 11 is 5.99. The number of aromatic nitrogens is 2. The molecule has 0 spiro atoms. The Morgan fingerprint density at radius 1 is 0.885 bits per heavy atom. The summed E-state index contributed by atoms with van der Waals surface area (Å²) in [5.74, 6) is -2.33. The van der Waals surface area contributed by atoms with E-state index in [0.717, 1.165) is 11.1 Å². The van der Waals surface area contributed by atoms with Gasteiger partial charge in [-0.05, 0) is 48.9 Å².